The number of ether oxygens (including phenoxy) is 1. The van der Waals surface area contributed by atoms with E-state index in [0.717, 1.165) is 42.2 Å². The Morgan fingerprint density at radius 2 is 1.91 bits per heavy atom. The number of piperidine rings is 1. The van der Waals surface area contributed by atoms with E-state index >= 15 is 0 Å². The molecule has 2 amide bonds. The first-order valence-electron chi connectivity index (χ1n) is 7.93. The van der Waals surface area contributed by atoms with Crippen LogP contribution in [0.1, 0.15) is 31.2 Å². The molecule has 22 heavy (non-hydrogen) atoms. The van der Waals surface area contributed by atoms with Crippen molar-refractivity contribution in [2.75, 3.05) is 13.4 Å². The minimum Gasteiger partial charge on any atom is -0.497 e. The third-order valence-corrected chi connectivity index (χ3v) is 5.91. The van der Waals surface area contributed by atoms with Crippen LogP contribution >= 0.6 is 11.8 Å². The number of rotatable bonds is 4. The Hall–Kier alpha value is -1.36. The number of fused-ring (bicyclic) bond motifs is 2. The molecule has 1 aromatic rings. The lowest BCUT2D eigenvalue weighted by Crippen LogP contribution is -2.51. The highest BCUT2D eigenvalue weighted by atomic mass is 32.2. The van der Waals surface area contributed by atoms with Gasteiger partial charge in [-0.05, 0) is 49.6 Å². The number of methoxy groups -OCH3 is 1. The quantitative estimate of drug-likeness (QED) is 0.926. The molecule has 2 heterocycles. The van der Waals surface area contributed by atoms with Gasteiger partial charge in [0.1, 0.15) is 5.75 Å². The standard InChI is InChI=1S/C17H24N2O2S/c1-21-15-7-3-12(4-8-15)11-18-17(20)19-13-5-6-14(19)10-16(9-13)22-2/h3-4,7-8,13-14,16H,5-6,9-11H2,1-2H3,(H,18,20)/t13-,14-/m0/s1. The molecule has 0 radical (unpaired) electrons. The van der Waals surface area contributed by atoms with Crippen molar-refractivity contribution in [1.29, 1.82) is 0 Å². The lowest BCUT2D eigenvalue weighted by Gasteiger charge is -2.38. The zero-order valence-electron chi connectivity index (χ0n) is 13.2. The molecule has 120 valence electrons. The van der Waals surface area contributed by atoms with Gasteiger partial charge < -0.3 is 15.0 Å². The third-order valence-electron chi connectivity index (χ3n) is 4.86. The summed E-state index contributed by atoms with van der Waals surface area (Å²) < 4.78 is 5.15. The number of thioether (sulfide) groups is 1. The van der Waals surface area contributed by atoms with Crippen LogP contribution in [-0.2, 0) is 6.54 Å². The number of urea groups is 1. The molecule has 2 aliphatic rings. The summed E-state index contributed by atoms with van der Waals surface area (Å²) in [6.07, 6.45) is 6.81. The average molecular weight is 320 g/mol. The number of carbonyl (C=O) groups is 1. The second-order valence-electron chi connectivity index (χ2n) is 6.13. The fourth-order valence-corrected chi connectivity index (χ4v) is 4.49. The highest BCUT2D eigenvalue weighted by molar-refractivity contribution is 7.99. The molecule has 2 atom stereocenters. The normalized spacial score (nSPS) is 26.8. The zero-order valence-corrected chi connectivity index (χ0v) is 14.1. The molecule has 2 fully saturated rings. The molecule has 2 aliphatic heterocycles. The lowest BCUT2D eigenvalue weighted by molar-refractivity contribution is 0.149. The van der Waals surface area contributed by atoms with E-state index in [2.05, 4.69) is 16.5 Å². The minimum atomic E-state index is 0.0999. The molecule has 3 rings (SSSR count). The fraction of sp³-hybridized carbons (Fsp3) is 0.588. The van der Waals surface area contributed by atoms with Gasteiger partial charge in [-0.2, -0.15) is 11.8 Å². The number of benzene rings is 1. The summed E-state index contributed by atoms with van der Waals surface area (Å²) in [4.78, 5) is 14.6. The summed E-state index contributed by atoms with van der Waals surface area (Å²) in [5.74, 6) is 0.840. The van der Waals surface area contributed by atoms with Gasteiger partial charge in [0.25, 0.3) is 0 Å². The van der Waals surface area contributed by atoms with Crippen LogP contribution in [-0.4, -0.2) is 41.6 Å². The number of nitrogens with zero attached hydrogens (tertiary/aromatic N) is 1. The number of hydrogen-bond donors (Lipinski definition) is 1. The molecular weight excluding hydrogens is 296 g/mol. The van der Waals surface area contributed by atoms with E-state index in [4.69, 9.17) is 4.74 Å². The van der Waals surface area contributed by atoms with Crippen LogP contribution < -0.4 is 10.1 Å². The third kappa shape index (κ3) is 3.19. The van der Waals surface area contributed by atoms with E-state index in [1.165, 1.54) is 0 Å². The Labute approximate surface area is 136 Å². The molecule has 0 aliphatic carbocycles. The van der Waals surface area contributed by atoms with Gasteiger partial charge in [-0.25, -0.2) is 4.79 Å². The first-order valence-corrected chi connectivity index (χ1v) is 9.22. The van der Waals surface area contributed by atoms with Gasteiger partial charge >= 0.3 is 6.03 Å². The van der Waals surface area contributed by atoms with Crippen LogP contribution in [0.4, 0.5) is 4.79 Å². The van der Waals surface area contributed by atoms with Crippen molar-refractivity contribution in [2.45, 2.75) is 49.6 Å². The van der Waals surface area contributed by atoms with Gasteiger partial charge in [0.05, 0.1) is 7.11 Å². The Morgan fingerprint density at radius 1 is 1.27 bits per heavy atom. The van der Waals surface area contributed by atoms with E-state index in [0.29, 0.717) is 18.6 Å². The number of nitrogens with one attached hydrogen (secondary N) is 1. The number of amides is 2. The van der Waals surface area contributed by atoms with Crippen LogP contribution in [0.5, 0.6) is 5.75 Å². The molecule has 1 N–H and O–H groups in total. The Kier molecular flexibility index (Phi) is 4.81. The van der Waals surface area contributed by atoms with Crippen molar-refractivity contribution in [1.82, 2.24) is 10.2 Å². The maximum Gasteiger partial charge on any atom is 0.318 e. The number of carbonyl (C=O) groups excluding carboxylic acids is 1. The summed E-state index contributed by atoms with van der Waals surface area (Å²) >= 11 is 1.95. The molecule has 0 unspecified atom stereocenters. The summed E-state index contributed by atoms with van der Waals surface area (Å²) in [5.41, 5.74) is 1.10. The molecule has 0 spiro atoms. The first-order chi connectivity index (χ1) is 10.7. The summed E-state index contributed by atoms with van der Waals surface area (Å²) in [7, 11) is 1.66. The van der Waals surface area contributed by atoms with Crippen LogP contribution in [0, 0.1) is 0 Å². The van der Waals surface area contributed by atoms with Crippen molar-refractivity contribution < 1.29 is 9.53 Å². The van der Waals surface area contributed by atoms with E-state index in [1.54, 1.807) is 7.11 Å². The van der Waals surface area contributed by atoms with E-state index in [-0.39, 0.29) is 6.03 Å². The molecule has 0 aromatic heterocycles. The molecule has 4 nitrogen and oxygen atoms in total. The minimum absolute atomic E-state index is 0.0999. The second-order valence-corrected chi connectivity index (χ2v) is 7.27. The van der Waals surface area contributed by atoms with E-state index in [9.17, 15) is 4.79 Å². The van der Waals surface area contributed by atoms with Crippen molar-refractivity contribution in [3.8, 4) is 5.75 Å². The largest absolute Gasteiger partial charge is 0.497 e. The van der Waals surface area contributed by atoms with E-state index < -0.39 is 0 Å². The van der Waals surface area contributed by atoms with Gasteiger partial charge in [0.2, 0.25) is 0 Å². The predicted octanol–water partition coefficient (Wildman–Crippen LogP) is 3.26. The first kappa shape index (κ1) is 15.5. The van der Waals surface area contributed by atoms with Gasteiger partial charge in [-0.1, -0.05) is 12.1 Å². The Bertz CT molecular complexity index is 506. The summed E-state index contributed by atoms with van der Waals surface area (Å²) in [6, 6.07) is 8.81. The molecule has 2 bridgehead atoms. The smallest absolute Gasteiger partial charge is 0.318 e. The maximum atomic E-state index is 12.5. The van der Waals surface area contributed by atoms with Crippen LogP contribution in [0.15, 0.2) is 24.3 Å². The summed E-state index contributed by atoms with van der Waals surface area (Å²) in [6.45, 7) is 0.574. The lowest BCUT2D eigenvalue weighted by atomic mass is 10.0. The predicted molar refractivity (Wildman–Crippen MR) is 90.4 cm³/mol. The molecular formula is C17H24N2O2S. The van der Waals surface area contributed by atoms with Crippen LogP contribution in [0.2, 0.25) is 0 Å². The van der Waals surface area contributed by atoms with Crippen molar-refractivity contribution >= 4 is 17.8 Å². The van der Waals surface area contributed by atoms with Gasteiger partial charge in [-0.15, -0.1) is 0 Å². The van der Waals surface area contributed by atoms with Crippen LogP contribution in [0.3, 0.4) is 0 Å². The van der Waals surface area contributed by atoms with Crippen molar-refractivity contribution in [3.05, 3.63) is 29.8 Å². The molecule has 2 saturated heterocycles. The molecule has 5 heteroatoms. The SMILES string of the molecule is COc1ccc(CNC(=O)N2[C@H]3CC[C@H]2CC(SC)C3)cc1. The monoisotopic (exact) mass is 320 g/mol. The van der Waals surface area contributed by atoms with E-state index in [1.807, 2.05) is 36.0 Å². The second kappa shape index (κ2) is 6.82. The summed E-state index contributed by atoms with van der Waals surface area (Å²) in [5, 5.41) is 3.80. The van der Waals surface area contributed by atoms with Crippen molar-refractivity contribution in [2.24, 2.45) is 0 Å². The molecule has 0 saturated carbocycles. The fourth-order valence-electron chi connectivity index (χ4n) is 3.66. The Balaban J connectivity index is 1.56. The van der Waals surface area contributed by atoms with Gasteiger partial charge in [0.15, 0.2) is 0 Å². The Morgan fingerprint density at radius 3 is 2.45 bits per heavy atom. The zero-order chi connectivity index (χ0) is 15.5. The maximum absolute atomic E-state index is 12.5. The van der Waals surface area contributed by atoms with Crippen molar-refractivity contribution in [3.63, 3.8) is 0 Å². The average Bonchev–Trinajstić information content (AvgIpc) is 2.83. The van der Waals surface area contributed by atoms with Crippen LogP contribution in [0.25, 0.3) is 0 Å². The van der Waals surface area contributed by atoms with Gasteiger partial charge in [-0.3, -0.25) is 0 Å². The highest BCUT2D eigenvalue weighted by Gasteiger charge is 2.42. The van der Waals surface area contributed by atoms with Gasteiger partial charge in [0, 0.05) is 23.9 Å². The molecule has 1 aromatic carbocycles. The topological polar surface area (TPSA) is 41.6 Å². The number of hydrogen-bond acceptors (Lipinski definition) is 3. The highest BCUT2D eigenvalue weighted by Crippen LogP contribution is 2.39.